The number of carbonyl (C=O) groups is 1. The Balaban J connectivity index is 1.33. The summed E-state index contributed by atoms with van der Waals surface area (Å²) in [6.07, 6.45) is 3.81. The van der Waals surface area contributed by atoms with Crippen molar-refractivity contribution >= 4 is 16.8 Å². The largest absolute Gasteiger partial charge is 0.497 e. The number of H-pyrrole nitrogens is 1. The molecular weight excluding hydrogens is 404 g/mol. The summed E-state index contributed by atoms with van der Waals surface area (Å²) in [6.45, 7) is 1.29. The molecule has 1 N–H and O–H groups in total. The van der Waals surface area contributed by atoms with E-state index in [1.807, 2.05) is 35.2 Å². The Morgan fingerprint density at radius 2 is 1.84 bits per heavy atom. The minimum Gasteiger partial charge on any atom is -0.497 e. The lowest BCUT2D eigenvalue weighted by atomic mass is 9.89. The first kappa shape index (κ1) is 20.1. The molecule has 0 aliphatic carbocycles. The number of para-hydroxylation sites is 1. The fourth-order valence-corrected chi connectivity index (χ4v) is 4.42. The first-order chi connectivity index (χ1) is 15.6. The predicted molar refractivity (Wildman–Crippen MR) is 123 cm³/mol. The summed E-state index contributed by atoms with van der Waals surface area (Å²) in [5, 5.41) is 5.51. The van der Waals surface area contributed by atoms with E-state index < -0.39 is 0 Å². The van der Waals surface area contributed by atoms with E-state index in [1.54, 1.807) is 19.2 Å². The summed E-state index contributed by atoms with van der Waals surface area (Å²) < 4.78 is 6.66. The molecule has 7 nitrogen and oxygen atoms in total. The van der Waals surface area contributed by atoms with E-state index in [-0.39, 0.29) is 17.2 Å². The number of methoxy groups -OCH3 is 1. The topological polar surface area (TPSA) is 80.2 Å². The van der Waals surface area contributed by atoms with Crippen molar-refractivity contribution < 1.29 is 9.53 Å². The minimum absolute atomic E-state index is 0.145. The lowest BCUT2D eigenvalue weighted by Gasteiger charge is -2.31. The smallest absolute Gasteiger partial charge is 0.274 e. The van der Waals surface area contributed by atoms with Gasteiger partial charge in [-0.25, -0.2) is 0 Å². The highest BCUT2D eigenvalue weighted by Crippen LogP contribution is 2.34. The standard InChI is InChI=1S/C25H24N4O3/c1-32-19-7-8-22-20(15-19)21(16-26-22)17-11-13-28(14-12-17)25(31)23-9-10-24(30)29(27-23)18-5-3-2-4-6-18/h2-10,15-17,26H,11-14H2,1H3. The molecule has 7 heteroatoms. The Morgan fingerprint density at radius 3 is 2.59 bits per heavy atom. The molecule has 0 spiro atoms. The second-order valence-electron chi connectivity index (χ2n) is 8.03. The number of carbonyl (C=O) groups excluding carboxylic acids is 1. The number of hydrogen-bond donors (Lipinski definition) is 1. The highest BCUT2D eigenvalue weighted by molar-refractivity contribution is 5.92. The zero-order chi connectivity index (χ0) is 22.1. The number of benzene rings is 2. The van der Waals surface area contributed by atoms with Gasteiger partial charge in [0, 0.05) is 36.3 Å². The maximum atomic E-state index is 13.1. The monoisotopic (exact) mass is 428 g/mol. The van der Waals surface area contributed by atoms with Crippen LogP contribution in [0.1, 0.15) is 34.8 Å². The van der Waals surface area contributed by atoms with Crippen molar-refractivity contribution in [1.29, 1.82) is 0 Å². The van der Waals surface area contributed by atoms with Crippen LogP contribution in [0.15, 0.2) is 71.7 Å². The SMILES string of the molecule is COc1ccc2[nH]cc(C3CCN(C(=O)c4ccc(=O)n(-c5ccccc5)n4)CC3)c2c1. The first-order valence-corrected chi connectivity index (χ1v) is 10.7. The van der Waals surface area contributed by atoms with Crippen LogP contribution in [0.2, 0.25) is 0 Å². The zero-order valence-corrected chi connectivity index (χ0v) is 17.8. The van der Waals surface area contributed by atoms with Crippen LogP contribution in [0.25, 0.3) is 16.6 Å². The molecule has 2 aromatic carbocycles. The first-order valence-electron chi connectivity index (χ1n) is 10.7. The Morgan fingerprint density at radius 1 is 1.06 bits per heavy atom. The molecule has 162 valence electrons. The summed E-state index contributed by atoms with van der Waals surface area (Å²) in [5.74, 6) is 1.06. The number of likely N-dealkylation sites (tertiary alicyclic amines) is 1. The van der Waals surface area contributed by atoms with Crippen molar-refractivity contribution in [3.05, 3.63) is 88.5 Å². The fraction of sp³-hybridized carbons (Fsp3) is 0.240. The zero-order valence-electron chi connectivity index (χ0n) is 17.8. The molecule has 1 fully saturated rings. The Labute approximate surface area is 185 Å². The lowest BCUT2D eigenvalue weighted by molar-refractivity contribution is 0.0705. The summed E-state index contributed by atoms with van der Waals surface area (Å²) >= 11 is 0. The molecule has 2 aromatic heterocycles. The number of piperidine rings is 1. The van der Waals surface area contributed by atoms with Gasteiger partial charge in [0.15, 0.2) is 0 Å². The van der Waals surface area contributed by atoms with Crippen LogP contribution in [0.5, 0.6) is 5.75 Å². The van der Waals surface area contributed by atoms with Gasteiger partial charge in [-0.05, 0) is 60.7 Å². The van der Waals surface area contributed by atoms with Crippen LogP contribution in [0.3, 0.4) is 0 Å². The average molecular weight is 428 g/mol. The molecule has 0 bridgehead atoms. The second kappa shape index (κ2) is 8.34. The number of fused-ring (bicyclic) bond motifs is 1. The van der Waals surface area contributed by atoms with Gasteiger partial charge in [0.25, 0.3) is 11.5 Å². The van der Waals surface area contributed by atoms with Gasteiger partial charge < -0.3 is 14.6 Å². The van der Waals surface area contributed by atoms with E-state index in [0.717, 1.165) is 24.1 Å². The molecule has 1 aliphatic rings. The van der Waals surface area contributed by atoms with Crippen LogP contribution in [-0.2, 0) is 0 Å². The molecule has 0 saturated carbocycles. The molecular formula is C25H24N4O3. The highest BCUT2D eigenvalue weighted by Gasteiger charge is 2.27. The number of amides is 1. The number of hydrogen-bond acceptors (Lipinski definition) is 4. The van der Waals surface area contributed by atoms with E-state index in [1.165, 1.54) is 27.8 Å². The third kappa shape index (κ3) is 3.66. The van der Waals surface area contributed by atoms with Crippen molar-refractivity contribution in [2.45, 2.75) is 18.8 Å². The van der Waals surface area contributed by atoms with Gasteiger partial charge in [-0.3, -0.25) is 9.59 Å². The molecule has 4 aromatic rings. The maximum absolute atomic E-state index is 13.1. The molecule has 1 aliphatic heterocycles. The minimum atomic E-state index is -0.263. The van der Waals surface area contributed by atoms with Crippen LogP contribution < -0.4 is 10.3 Å². The van der Waals surface area contributed by atoms with E-state index in [9.17, 15) is 9.59 Å². The van der Waals surface area contributed by atoms with Crippen LogP contribution in [0.4, 0.5) is 0 Å². The number of aromatic nitrogens is 3. The third-order valence-electron chi connectivity index (χ3n) is 6.16. The normalized spacial score (nSPS) is 14.6. The van der Waals surface area contributed by atoms with Gasteiger partial charge in [-0.1, -0.05) is 18.2 Å². The lowest BCUT2D eigenvalue weighted by Crippen LogP contribution is -2.39. The molecule has 1 saturated heterocycles. The van der Waals surface area contributed by atoms with E-state index in [2.05, 4.69) is 22.3 Å². The molecule has 32 heavy (non-hydrogen) atoms. The number of rotatable bonds is 4. The predicted octanol–water partition coefficient (Wildman–Crippen LogP) is 3.74. The fourth-order valence-electron chi connectivity index (χ4n) is 4.42. The van der Waals surface area contributed by atoms with Gasteiger partial charge in [-0.2, -0.15) is 9.78 Å². The van der Waals surface area contributed by atoms with Crippen molar-refractivity contribution in [3.8, 4) is 11.4 Å². The average Bonchev–Trinajstić information content (AvgIpc) is 3.28. The van der Waals surface area contributed by atoms with Gasteiger partial charge in [-0.15, -0.1) is 0 Å². The van der Waals surface area contributed by atoms with Crippen LogP contribution >= 0.6 is 0 Å². The van der Waals surface area contributed by atoms with Gasteiger partial charge in [0.1, 0.15) is 11.4 Å². The number of nitrogens with one attached hydrogen (secondary N) is 1. The van der Waals surface area contributed by atoms with Gasteiger partial charge in [0.2, 0.25) is 0 Å². The Bertz CT molecular complexity index is 1320. The number of aromatic amines is 1. The molecule has 3 heterocycles. The molecule has 1 amide bonds. The molecule has 0 atom stereocenters. The summed E-state index contributed by atoms with van der Waals surface area (Å²) in [5.41, 5.74) is 3.01. The highest BCUT2D eigenvalue weighted by atomic mass is 16.5. The van der Waals surface area contributed by atoms with Crippen molar-refractivity contribution in [2.75, 3.05) is 20.2 Å². The Hall–Kier alpha value is -3.87. The van der Waals surface area contributed by atoms with Crippen LogP contribution in [-0.4, -0.2) is 45.8 Å². The Kier molecular flexibility index (Phi) is 5.23. The van der Waals surface area contributed by atoms with E-state index in [4.69, 9.17) is 4.74 Å². The number of nitrogens with zero attached hydrogens (tertiary/aromatic N) is 3. The quantitative estimate of drug-likeness (QED) is 0.537. The van der Waals surface area contributed by atoms with Crippen molar-refractivity contribution in [3.63, 3.8) is 0 Å². The van der Waals surface area contributed by atoms with Gasteiger partial charge >= 0.3 is 0 Å². The van der Waals surface area contributed by atoms with Crippen LogP contribution in [0, 0.1) is 0 Å². The van der Waals surface area contributed by atoms with Crippen molar-refractivity contribution in [2.24, 2.45) is 0 Å². The maximum Gasteiger partial charge on any atom is 0.274 e. The molecule has 0 radical (unpaired) electrons. The van der Waals surface area contributed by atoms with E-state index >= 15 is 0 Å². The van der Waals surface area contributed by atoms with E-state index in [0.29, 0.717) is 24.7 Å². The summed E-state index contributed by atoms with van der Waals surface area (Å²) in [7, 11) is 1.67. The van der Waals surface area contributed by atoms with Crippen molar-refractivity contribution in [1.82, 2.24) is 19.7 Å². The molecule has 0 unspecified atom stereocenters. The summed E-state index contributed by atoms with van der Waals surface area (Å²) in [6, 6.07) is 18.1. The summed E-state index contributed by atoms with van der Waals surface area (Å²) in [4.78, 5) is 30.5. The second-order valence-corrected chi connectivity index (χ2v) is 8.03. The molecule has 5 rings (SSSR count). The number of ether oxygens (including phenoxy) is 1. The van der Waals surface area contributed by atoms with Gasteiger partial charge in [0.05, 0.1) is 12.8 Å². The third-order valence-corrected chi connectivity index (χ3v) is 6.16.